The predicted octanol–water partition coefficient (Wildman–Crippen LogP) is 5.67. The standard InChI is InChI=1S/C32H37NO5/c1-2-37-31(36)32(21-26-7-4-3-5-8-26)19-6-20-33(24-32)22-27-9-11-28(12-10-27)23-38-29-16-13-25(14-17-29)15-18-30(34)35/h3-5,7-14,16-17H,2,6,15,18-24H2,1H3,(H,34,35). The lowest BCUT2D eigenvalue weighted by Crippen LogP contribution is -2.49. The Morgan fingerprint density at radius 1 is 0.895 bits per heavy atom. The average Bonchev–Trinajstić information content (AvgIpc) is 2.93. The fourth-order valence-electron chi connectivity index (χ4n) is 5.19. The maximum atomic E-state index is 13.1. The van der Waals surface area contributed by atoms with Crippen molar-refractivity contribution >= 4 is 11.9 Å². The third kappa shape index (κ3) is 7.68. The summed E-state index contributed by atoms with van der Waals surface area (Å²) in [5.41, 5.74) is 3.91. The van der Waals surface area contributed by atoms with Crippen LogP contribution < -0.4 is 4.74 Å². The van der Waals surface area contributed by atoms with E-state index >= 15 is 0 Å². The van der Waals surface area contributed by atoms with Crippen molar-refractivity contribution < 1.29 is 24.2 Å². The fourth-order valence-corrected chi connectivity index (χ4v) is 5.19. The lowest BCUT2D eigenvalue weighted by Gasteiger charge is -2.41. The number of hydrogen-bond acceptors (Lipinski definition) is 5. The lowest BCUT2D eigenvalue weighted by atomic mass is 9.75. The van der Waals surface area contributed by atoms with Crippen LogP contribution >= 0.6 is 0 Å². The minimum Gasteiger partial charge on any atom is -0.489 e. The number of esters is 1. The predicted molar refractivity (Wildman–Crippen MR) is 147 cm³/mol. The van der Waals surface area contributed by atoms with Crippen LogP contribution in [0.1, 0.15) is 48.4 Å². The first-order valence-electron chi connectivity index (χ1n) is 13.4. The summed E-state index contributed by atoms with van der Waals surface area (Å²) >= 11 is 0. The number of aliphatic carboxylic acids is 1. The molecule has 38 heavy (non-hydrogen) atoms. The second-order valence-electron chi connectivity index (χ2n) is 10.1. The van der Waals surface area contributed by atoms with E-state index in [1.54, 1.807) is 0 Å². The quantitative estimate of drug-likeness (QED) is 0.313. The SMILES string of the molecule is CCOC(=O)C1(Cc2ccccc2)CCCN(Cc2ccc(COc3ccc(CCC(=O)O)cc3)cc2)C1. The van der Waals surface area contributed by atoms with Crippen molar-refractivity contribution in [3.8, 4) is 5.75 Å². The number of ether oxygens (including phenoxy) is 2. The van der Waals surface area contributed by atoms with Crippen LogP contribution in [0, 0.1) is 5.41 Å². The number of aryl methyl sites for hydroxylation is 1. The molecule has 1 aliphatic heterocycles. The molecule has 0 aromatic heterocycles. The summed E-state index contributed by atoms with van der Waals surface area (Å²) in [6.45, 7) is 5.17. The van der Waals surface area contributed by atoms with E-state index in [-0.39, 0.29) is 12.4 Å². The van der Waals surface area contributed by atoms with Crippen LogP contribution in [0.3, 0.4) is 0 Å². The number of carboxylic acids is 1. The molecule has 200 valence electrons. The van der Waals surface area contributed by atoms with Crippen molar-refractivity contribution in [3.05, 3.63) is 101 Å². The van der Waals surface area contributed by atoms with Crippen molar-refractivity contribution in [1.29, 1.82) is 0 Å². The molecular formula is C32H37NO5. The summed E-state index contributed by atoms with van der Waals surface area (Å²) in [6, 6.07) is 26.3. The van der Waals surface area contributed by atoms with Gasteiger partial charge < -0.3 is 14.6 Å². The van der Waals surface area contributed by atoms with Crippen LogP contribution in [-0.2, 0) is 40.3 Å². The molecule has 0 radical (unpaired) electrons. The van der Waals surface area contributed by atoms with Gasteiger partial charge in [-0.2, -0.15) is 0 Å². The lowest BCUT2D eigenvalue weighted by molar-refractivity contribution is -0.159. The van der Waals surface area contributed by atoms with E-state index < -0.39 is 11.4 Å². The van der Waals surface area contributed by atoms with Crippen LogP contribution in [0.15, 0.2) is 78.9 Å². The van der Waals surface area contributed by atoms with Crippen LogP contribution in [0.2, 0.25) is 0 Å². The van der Waals surface area contributed by atoms with Crippen LogP contribution in [0.4, 0.5) is 0 Å². The molecule has 0 aliphatic carbocycles. The van der Waals surface area contributed by atoms with E-state index in [1.807, 2.05) is 49.4 Å². The normalized spacial score (nSPS) is 17.6. The number of benzene rings is 3. The number of carboxylic acid groups (broad SMARTS) is 1. The average molecular weight is 516 g/mol. The molecule has 0 bridgehead atoms. The Morgan fingerprint density at radius 2 is 1.58 bits per heavy atom. The van der Waals surface area contributed by atoms with E-state index in [4.69, 9.17) is 14.6 Å². The Morgan fingerprint density at radius 3 is 2.26 bits per heavy atom. The largest absolute Gasteiger partial charge is 0.489 e. The second kappa shape index (κ2) is 13.2. The molecule has 3 aromatic rings. The molecule has 1 N–H and O–H groups in total. The first-order valence-corrected chi connectivity index (χ1v) is 13.4. The summed E-state index contributed by atoms with van der Waals surface area (Å²) in [4.78, 5) is 26.3. The van der Waals surface area contributed by atoms with Gasteiger partial charge in [-0.3, -0.25) is 14.5 Å². The third-order valence-electron chi connectivity index (χ3n) is 7.14. The van der Waals surface area contributed by atoms with Crippen molar-refractivity contribution in [2.45, 2.75) is 52.2 Å². The zero-order valence-corrected chi connectivity index (χ0v) is 22.1. The van der Waals surface area contributed by atoms with Crippen molar-refractivity contribution in [3.63, 3.8) is 0 Å². The van der Waals surface area contributed by atoms with Gasteiger partial charge in [0.1, 0.15) is 12.4 Å². The van der Waals surface area contributed by atoms with Crippen molar-refractivity contribution in [2.75, 3.05) is 19.7 Å². The molecule has 3 aromatic carbocycles. The minimum atomic E-state index is -0.792. The second-order valence-corrected chi connectivity index (χ2v) is 10.1. The molecule has 1 heterocycles. The molecule has 1 saturated heterocycles. The van der Waals surface area contributed by atoms with Crippen LogP contribution in [0.25, 0.3) is 0 Å². The highest BCUT2D eigenvalue weighted by Gasteiger charge is 2.43. The zero-order chi connectivity index (χ0) is 26.8. The molecule has 6 nitrogen and oxygen atoms in total. The van der Waals surface area contributed by atoms with Crippen molar-refractivity contribution in [2.24, 2.45) is 5.41 Å². The molecule has 1 atom stereocenters. The van der Waals surface area contributed by atoms with Gasteiger partial charge in [0.2, 0.25) is 0 Å². The van der Waals surface area contributed by atoms with E-state index in [2.05, 4.69) is 41.3 Å². The maximum Gasteiger partial charge on any atom is 0.313 e. The summed E-state index contributed by atoms with van der Waals surface area (Å²) in [6.07, 6.45) is 3.14. The third-order valence-corrected chi connectivity index (χ3v) is 7.14. The number of likely N-dealkylation sites (tertiary alicyclic amines) is 1. The first-order chi connectivity index (χ1) is 18.5. The number of nitrogens with zero attached hydrogens (tertiary/aromatic N) is 1. The Hall–Kier alpha value is -3.64. The van der Waals surface area contributed by atoms with Gasteiger partial charge >= 0.3 is 11.9 Å². The Labute approximate surface area is 225 Å². The molecule has 0 saturated carbocycles. The Kier molecular flexibility index (Phi) is 9.55. The van der Waals surface area contributed by atoms with Gasteiger partial charge in [-0.25, -0.2) is 0 Å². The maximum absolute atomic E-state index is 13.1. The highest BCUT2D eigenvalue weighted by Crippen LogP contribution is 2.36. The number of rotatable bonds is 12. The van der Waals surface area contributed by atoms with E-state index in [1.165, 1.54) is 11.1 Å². The smallest absolute Gasteiger partial charge is 0.313 e. The van der Waals surface area contributed by atoms with Crippen LogP contribution in [-0.4, -0.2) is 41.6 Å². The van der Waals surface area contributed by atoms with Gasteiger partial charge in [-0.05, 0) is 73.5 Å². The highest BCUT2D eigenvalue weighted by atomic mass is 16.5. The summed E-state index contributed by atoms with van der Waals surface area (Å²) in [5.74, 6) is -0.120. The van der Waals surface area contributed by atoms with Gasteiger partial charge in [0.15, 0.2) is 0 Å². The topological polar surface area (TPSA) is 76.1 Å². The van der Waals surface area contributed by atoms with Crippen LogP contribution in [0.5, 0.6) is 5.75 Å². The Balaban J connectivity index is 1.33. The summed E-state index contributed by atoms with van der Waals surface area (Å²) in [7, 11) is 0. The van der Waals surface area contributed by atoms with E-state index in [0.29, 0.717) is 32.6 Å². The molecule has 1 aliphatic rings. The zero-order valence-electron chi connectivity index (χ0n) is 22.1. The molecule has 6 heteroatoms. The summed E-state index contributed by atoms with van der Waals surface area (Å²) < 4.78 is 11.5. The van der Waals surface area contributed by atoms with E-state index in [0.717, 1.165) is 42.8 Å². The first kappa shape index (κ1) is 27.4. The molecular weight excluding hydrogens is 478 g/mol. The van der Waals surface area contributed by atoms with Gasteiger partial charge in [0.25, 0.3) is 0 Å². The minimum absolute atomic E-state index is 0.0871. The van der Waals surface area contributed by atoms with Gasteiger partial charge in [-0.1, -0.05) is 66.7 Å². The van der Waals surface area contributed by atoms with Crippen molar-refractivity contribution in [1.82, 2.24) is 4.90 Å². The monoisotopic (exact) mass is 515 g/mol. The molecule has 1 fully saturated rings. The molecule has 4 rings (SSSR count). The molecule has 0 amide bonds. The summed E-state index contributed by atoms with van der Waals surface area (Å²) in [5, 5.41) is 8.82. The van der Waals surface area contributed by atoms with Gasteiger partial charge in [0.05, 0.1) is 12.0 Å². The Bertz CT molecular complexity index is 1180. The number of carbonyl (C=O) groups excluding carboxylic acids is 1. The van der Waals surface area contributed by atoms with Gasteiger partial charge in [-0.15, -0.1) is 0 Å². The molecule has 1 unspecified atom stereocenters. The number of carbonyl (C=O) groups is 2. The number of hydrogen-bond donors (Lipinski definition) is 1. The highest BCUT2D eigenvalue weighted by molar-refractivity contribution is 5.77. The fraction of sp³-hybridized carbons (Fsp3) is 0.375. The van der Waals surface area contributed by atoms with E-state index in [9.17, 15) is 9.59 Å². The van der Waals surface area contributed by atoms with Gasteiger partial charge in [0, 0.05) is 19.5 Å². The number of piperidine rings is 1. The molecule has 0 spiro atoms.